The third-order valence-corrected chi connectivity index (χ3v) is 4.36. The van der Waals surface area contributed by atoms with Gasteiger partial charge in [-0.25, -0.2) is 4.79 Å². The summed E-state index contributed by atoms with van der Waals surface area (Å²) < 4.78 is 12.5. The first-order valence-electron chi connectivity index (χ1n) is 9.34. The van der Waals surface area contributed by atoms with Gasteiger partial charge in [0.1, 0.15) is 13.2 Å². The van der Waals surface area contributed by atoms with E-state index in [1.807, 2.05) is 97.1 Å². The maximum Gasteiger partial charge on any atom is 0.435 e. The number of carbonyl (C=O) groups excluding carboxylic acids is 1. The van der Waals surface area contributed by atoms with Crippen LogP contribution < -0.4 is 4.74 Å². The van der Waals surface area contributed by atoms with Crippen molar-refractivity contribution in [1.29, 1.82) is 0 Å². The van der Waals surface area contributed by atoms with Gasteiger partial charge in [0, 0.05) is 0 Å². The SMILES string of the molecule is O=C(OCc1ccccc1)n1nc(OC/C=C/c2ccccc2)c2ccccc21. The third kappa shape index (κ3) is 4.52. The highest BCUT2D eigenvalue weighted by atomic mass is 16.6. The summed E-state index contributed by atoms with van der Waals surface area (Å²) in [6, 6.07) is 26.9. The number of carbonyl (C=O) groups is 1. The fourth-order valence-electron chi connectivity index (χ4n) is 2.94. The van der Waals surface area contributed by atoms with Crippen molar-refractivity contribution in [3.8, 4) is 5.88 Å². The van der Waals surface area contributed by atoms with Gasteiger partial charge in [-0.3, -0.25) is 0 Å². The Morgan fingerprint density at radius 1 is 0.897 bits per heavy atom. The molecule has 0 N–H and O–H groups in total. The molecule has 0 saturated carbocycles. The summed E-state index contributed by atoms with van der Waals surface area (Å²) in [7, 11) is 0. The van der Waals surface area contributed by atoms with E-state index in [0.717, 1.165) is 16.5 Å². The second kappa shape index (κ2) is 8.89. The molecule has 5 nitrogen and oxygen atoms in total. The lowest BCUT2D eigenvalue weighted by Gasteiger charge is -2.05. The van der Waals surface area contributed by atoms with E-state index in [0.29, 0.717) is 18.0 Å². The van der Waals surface area contributed by atoms with Gasteiger partial charge in [-0.1, -0.05) is 78.9 Å². The molecule has 144 valence electrons. The molecule has 4 rings (SSSR count). The summed E-state index contributed by atoms with van der Waals surface area (Å²) in [5.74, 6) is 0.398. The Labute approximate surface area is 168 Å². The van der Waals surface area contributed by atoms with Gasteiger partial charge < -0.3 is 9.47 Å². The second-order valence-electron chi connectivity index (χ2n) is 6.40. The molecule has 0 spiro atoms. The van der Waals surface area contributed by atoms with Crippen molar-refractivity contribution in [3.05, 3.63) is 102 Å². The molecule has 0 saturated heterocycles. The highest BCUT2D eigenvalue weighted by molar-refractivity contribution is 5.91. The van der Waals surface area contributed by atoms with Crippen LogP contribution in [0.1, 0.15) is 11.1 Å². The van der Waals surface area contributed by atoms with Crippen molar-refractivity contribution in [2.24, 2.45) is 0 Å². The van der Waals surface area contributed by atoms with Crippen LogP contribution in [-0.2, 0) is 11.3 Å². The van der Waals surface area contributed by atoms with Gasteiger partial charge in [-0.05, 0) is 29.3 Å². The molecular weight excluding hydrogens is 364 g/mol. The highest BCUT2D eigenvalue weighted by Crippen LogP contribution is 2.25. The molecule has 5 heteroatoms. The van der Waals surface area contributed by atoms with Gasteiger partial charge in [0.15, 0.2) is 0 Å². The highest BCUT2D eigenvalue weighted by Gasteiger charge is 2.17. The average molecular weight is 384 g/mol. The molecular formula is C24H20N2O3. The molecule has 0 unspecified atom stereocenters. The number of aromatic nitrogens is 2. The lowest BCUT2D eigenvalue weighted by molar-refractivity contribution is 0.138. The van der Waals surface area contributed by atoms with Crippen LogP contribution in [0.3, 0.4) is 0 Å². The maximum absolute atomic E-state index is 12.6. The van der Waals surface area contributed by atoms with Gasteiger partial charge >= 0.3 is 6.09 Å². The molecule has 3 aromatic carbocycles. The molecule has 0 amide bonds. The quantitative estimate of drug-likeness (QED) is 0.452. The van der Waals surface area contributed by atoms with E-state index < -0.39 is 6.09 Å². The van der Waals surface area contributed by atoms with Gasteiger partial charge in [-0.15, -0.1) is 5.10 Å². The summed E-state index contributed by atoms with van der Waals surface area (Å²) in [4.78, 5) is 12.6. The van der Waals surface area contributed by atoms with Crippen LogP contribution in [0.4, 0.5) is 4.79 Å². The summed E-state index contributed by atoms with van der Waals surface area (Å²) in [6.45, 7) is 0.527. The Balaban J connectivity index is 1.47. The van der Waals surface area contributed by atoms with E-state index in [1.54, 1.807) is 0 Å². The zero-order valence-electron chi connectivity index (χ0n) is 15.8. The molecule has 29 heavy (non-hydrogen) atoms. The van der Waals surface area contributed by atoms with E-state index in [4.69, 9.17) is 9.47 Å². The van der Waals surface area contributed by atoms with Crippen molar-refractivity contribution < 1.29 is 14.3 Å². The van der Waals surface area contributed by atoms with Gasteiger partial charge in [0.2, 0.25) is 5.88 Å². The topological polar surface area (TPSA) is 53.4 Å². The minimum absolute atomic E-state index is 0.184. The largest absolute Gasteiger partial charge is 0.472 e. The summed E-state index contributed by atoms with van der Waals surface area (Å²) >= 11 is 0. The van der Waals surface area contributed by atoms with E-state index >= 15 is 0 Å². The number of ether oxygens (including phenoxy) is 2. The zero-order valence-corrected chi connectivity index (χ0v) is 15.8. The lowest BCUT2D eigenvalue weighted by Crippen LogP contribution is -2.15. The van der Waals surface area contributed by atoms with E-state index in [2.05, 4.69) is 5.10 Å². The smallest absolute Gasteiger partial charge is 0.435 e. The number of hydrogen-bond acceptors (Lipinski definition) is 4. The number of benzene rings is 3. The summed E-state index contributed by atoms with van der Waals surface area (Å²) in [5.41, 5.74) is 2.66. The first kappa shape index (κ1) is 18.5. The monoisotopic (exact) mass is 384 g/mol. The normalized spacial score (nSPS) is 11.0. The van der Waals surface area contributed by atoms with Gasteiger partial charge in [0.25, 0.3) is 0 Å². The van der Waals surface area contributed by atoms with Crippen LogP contribution >= 0.6 is 0 Å². The van der Waals surface area contributed by atoms with Crippen molar-refractivity contribution in [3.63, 3.8) is 0 Å². The molecule has 0 aliphatic rings. The van der Waals surface area contributed by atoms with Gasteiger partial charge in [-0.2, -0.15) is 4.68 Å². The third-order valence-electron chi connectivity index (χ3n) is 4.36. The zero-order chi connectivity index (χ0) is 19.9. The first-order valence-corrected chi connectivity index (χ1v) is 9.34. The Morgan fingerprint density at radius 2 is 1.59 bits per heavy atom. The molecule has 1 aromatic heterocycles. The summed E-state index contributed by atoms with van der Waals surface area (Å²) in [6.07, 6.45) is 3.35. The molecule has 0 aliphatic carbocycles. The van der Waals surface area contributed by atoms with Crippen LogP contribution in [0.15, 0.2) is 91.0 Å². The van der Waals surface area contributed by atoms with Crippen molar-refractivity contribution in [1.82, 2.24) is 9.78 Å². The minimum atomic E-state index is -0.542. The molecule has 0 radical (unpaired) electrons. The van der Waals surface area contributed by atoms with Crippen molar-refractivity contribution in [2.45, 2.75) is 6.61 Å². The predicted octanol–water partition coefficient (Wildman–Crippen LogP) is 5.31. The van der Waals surface area contributed by atoms with Crippen molar-refractivity contribution in [2.75, 3.05) is 6.61 Å². The fourth-order valence-corrected chi connectivity index (χ4v) is 2.94. The molecule has 0 aliphatic heterocycles. The van der Waals surface area contributed by atoms with E-state index in [-0.39, 0.29) is 6.61 Å². The van der Waals surface area contributed by atoms with E-state index in [1.165, 1.54) is 4.68 Å². The predicted molar refractivity (Wildman–Crippen MR) is 113 cm³/mol. The maximum atomic E-state index is 12.6. The Kier molecular flexibility index (Phi) is 5.67. The minimum Gasteiger partial charge on any atom is -0.472 e. The number of fused-ring (bicyclic) bond motifs is 1. The average Bonchev–Trinajstić information content (AvgIpc) is 3.15. The molecule has 1 heterocycles. The Bertz CT molecular complexity index is 1120. The first-order chi connectivity index (χ1) is 14.3. The van der Waals surface area contributed by atoms with E-state index in [9.17, 15) is 4.79 Å². The van der Waals surface area contributed by atoms with Crippen LogP contribution in [-0.4, -0.2) is 22.5 Å². The van der Waals surface area contributed by atoms with Crippen molar-refractivity contribution >= 4 is 23.1 Å². The summed E-state index contributed by atoms with van der Waals surface area (Å²) in [5, 5.41) is 5.09. The molecule has 4 aromatic rings. The molecule has 0 bridgehead atoms. The number of nitrogens with zero attached hydrogens (tertiary/aromatic N) is 2. The molecule has 0 atom stereocenters. The van der Waals surface area contributed by atoms with Crippen LogP contribution in [0, 0.1) is 0 Å². The van der Waals surface area contributed by atoms with Gasteiger partial charge in [0.05, 0.1) is 10.9 Å². The van der Waals surface area contributed by atoms with Crippen LogP contribution in [0.25, 0.3) is 17.0 Å². The van der Waals surface area contributed by atoms with Crippen LogP contribution in [0.5, 0.6) is 5.88 Å². The lowest BCUT2D eigenvalue weighted by atomic mass is 10.2. The fraction of sp³-hybridized carbons (Fsp3) is 0.0833. The second-order valence-corrected chi connectivity index (χ2v) is 6.40. The number of rotatable bonds is 6. The Hall–Kier alpha value is -3.86. The number of para-hydroxylation sites is 1. The Morgan fingerprint density at radius 3 is 2.38 bits per heavy atom. The van der Waals surface area contributed by atoms with Crippen LogP contribution in [0.2, 0.25) is 0 Å². The standard InChI is InChI=1S/C24H20N2O3/c27-24(29-18-20-12-5-2-6-13-20)26-22-16-8-7-15-21(22)23(25-26)28-17-9-14-19-10-3-1-4-11-19/h1-16H,17-18H2/b14-9+. The number of hydrogen-bond donors (Lipinski definition) is 0. The molecule has 0 fully saturated rings.